The quantitative estimate of drug-likeness (QED) is 0.333. The first-order chi connectivity index (χ1) is 16.8. The molecule has 0 saturated carbocycles. The van der Waals surface area contributed by atoms with Gasteiger partial charge in [-0.05, 0) is 50.0 Å². The van der Waals surface area contributed by atoms with Crippen molar-refractivity contribution in [2.24, 2.45) is 5.92 Å². The fraction of sp³-hybridized carbons (Fsp3) is 0.280. The molecule has 0 aliphatic carbocycles. The van der Waals surface area contributed by atoms with Crippen LogP contribution in [0.4, 0.5) is 11.5 Å². The van der Waals surface area contributed by atoms with Crippen LogP contribution in [0.2, 0.25) is 0 Å². The highest BCUT2D eigenvalue weighted by Crippen LogP contribution is 2.27. The van der Waals surface area contributed by atoms with Crippen LogP contribution in [0.3, 0.4) is 0 Å². The van der Waals surface area contributed by atoms with Gasteiger partial charge in [-0.1, -0.05) is 35.5 Å². The molecule has 2 aliphatic rings. The van der Waals surface area contributed by atoms with E-state index in [1.54, 1.807) is 0 Å². The largest absolute Gasteiger partial charge is 0.368 e. The molecule has 6 rings (SSSR count). The van der Waals surface area contributed by atoms with E-state index in [0.717, 1.165) is 78.4 Å². The van der Waals surface area contributed by atoms with E-state index in [4.69, 9.17) is 4.52 Å². The lowest BCUT2D eigenvalue weighted by Gasteiger charge is -2.31. The Hall–Kier alpha value is -3.82. The van der Waals surface area contributed by atoms with Crippen molar-refractivity contribution < 1.29 is 4.52 Å². The van der Waals surface area contributed by atoms with E-state index in [0.29, 0.717) is 5.92 Å². The van der Waals surface area contributed by atoms with E-state index >= 15 is 0 Å². The fourth-order valence-corrected chi connectivity index (χ4v) is 4.64. The van der Waals surface area contributed by atoms with Crippen molar-refractivity contribution in [1.29, 1.82) is 0 Å². The van der Waals surface area contributed by atoms with Gasteiger partial charge in [-0.2, -0.15) is 5.10 Å². The van der Waals surface area contributed by atoms with Crippen molar-refractivity contribution in [1.82, 2.24) is 31.2 Å². The minimum Gasteiger partial charge on any atom is -0.368 e. The number of fused-ring (bicyclic) bond motifs is 1. The summed E-state index contributed by atoms with van der Waals surface area (Å²) in [5.74, 6) is 2.45. The minimum atomic E-state index is 0.619. The summed E-state index contributed by atoms with van der Waals surface area (Å²) >= 11 is 0. The molecule has 9 nitrogen and oxygen atoms in total. The third-order valence-corrected chi connectivity index (χ3v) is 6.59. The van der Waals surface area contributed by atoms with Gasteiger partial charge in [-0.25, -0.2) is 0 Å². The lowest BCUT2D eigenvalue weighted by atomic mass is 9.96. The molecule has 9 heteroatoms. The zero-order valence-electron chi connectivity index (χ0n) is 18.9. The van der Waals surface area contributed by atoms with Crippen molar-refractivity contribution in [2.45, 2.75) is 19.4 Å². The van der Waals surface area contributed by atoms with Crippen LogP contribution in [-0.4, -0.2) is 39.9 Å². The Bertz CT molecular complexity index is 1270. The number of nitrogens with one attached hydrogen (secondary N) is 4. The predicted octanol–water partition coefficient (Wildman–Crippen LogP) is 3.84. The minimum absolute atomic E-state index is 0.619. The summed E-state index contributed by atoms with van der Waals surface area (Å²) in [6.07, 6.45) is 6.10. The topological polar surface area (TPSA) is 97.3 Å². The molecule has 174 valence electrons. The first-order valence-corrected chi connectivity index (χ1v) is 11.7. The van der Waals surface area contributed by atoms with Crippen molar-refractivity contribution in [3.8, 4) is 11.3 Å². The summed E-state index contributed by atoms with van der Waals surface area (Å²) in [5, 5.41) is 18.5. The van der Waals surface area contributed by atoms with Gasteiger partial charge in [0.25, 0.3) is 0 Å². The number of hydrogen-bond donors (Lipinski definition) is 4. The zero-order valence-corrected chi connectivity index (χ0v) is 18.9. The Morgan fingerprint density at radius 1 is 1.06 bits per heavy atom. The number of nitrogens with zero attached hydrogens (tertiary/aromatic N) is 4. The number of rotatable bonds is 7. The van der Waals surface area contributed by atoms with Gasteiger partial charge in [0.05, 0.1) is 17.7 Å². The Morgan fingerprint density at radius 3 is 2.76 bits per heavy atom. The number of piperidine rings is 1. The number of benzene rings is 2. The van der Waals surface area contributed by atoms with Gasteiger partial charge >= 0.3 is 0 Å². The second-order valence-corrected chi connectivity index (χ2v) is 8.89. The number of aromatic nitrogens is 3. The molecule has 4 heterocycles. The van der Waals surface area contributed by atoms with Gasteiger partial charge in [0.1, 0.15) is 5.69 Å². The van der Waals surface area contributed by atoms with Crippen molar-refractivity contribution >= 4 is 22.4 Å². The highest BCUT2D eigenvalue weighted by Gasteiger charge is 2.21. The monoisotopic (exact) mass is 456 g/mol. The molecule has 0 amide bonds. The maximum Gasteiger partial charge on any atom is 0.155 e. The van der Waals surface area contributed by atoms with E-state index in [-0.39, 0.29) is 0 Å². The molecule has 0 spiro atoms. The van der Waals surface area contributed by atoms with Gasteiger partial charge in [0.2, 0.25) is 0 Å². The van der Waals surface area contributed by atoms with Gasteiger partial charge in [-0.15, -0.1) is 5.53 Å². The molecule has 0 atom stereocenters. The van der Waals surface area contributed by atoms with Crippen LogP contribution in [0.15, 0.2) is 71.5 Å². The normalized spacial score (nSPS) is 16.9. The molecule has 1 saturated heterocycles. The molecule has 2 aromatic carbocycles. The molecule has 34 heavy (non-hydrogen) atoms. The average molecular weight is 457 g/mol. The standard InChI is InChI=1S/C25H28N8O/c1-2-4-19(5-3-1)24-15-21(34-30-24)17-32-11-8-18(9-12-32)16-26-25-22-14-20(33-13-10-27-31-33)6-7-23(22)28-29-25/h1-7,10,13-15,18,27,31H,8-9,11-12,16-17H2,(H2,26,28,29). The van der Waals surface area contributed by atoms with Crippen LogP contribution in [-0.2, 0) is 6.54 Å². The predicted molar refractivity (Wildman–Crippen MR) is 132 cm³/mol. The molecule has 0 radical (unpaired) electrons. The molecular weight excluding hydrogens is 428 g/mol. The second-order valence-electron chi connectivity index (χ2n) is 8.89. The van der Waals surface area contributed by atoms with E-state index in [9.17, 15) is 0 Å². The van der Waals surface area contributed by atoms with Crippen LogP contribution in [0.25, 0.3) is 22.2 Å². The van der Waals surface area contributed by atoms with E-state index in [2.05, 4.69) is 72.9 Å². The van der Waals surface area contributed by atoms with Crippen molar-refractivity contribution in [3.05, 3.63) is 72.8 Å². The second kappa shape index (κ2) is 9.20. The number of aromatic amines is 1. The van der Waals surface area contributed by atoms with Crippen LogP contribution < -0.4 is 21.3 Å². The number of hydrogen-bond acceptors (Lipinski definition) is 8. The highest BCUT2D eigenvalue weighted by atomic mass is 16.5. The molecule has 1 fully saturated rings. The molecule has 2 aromatic heterocycles. The zero-order chi connectivity index (χ0) is 22.7. The number of anilines is 2. The molecule has 4 N–H and O–H groups in total. The molecule has 2 aliphatic heterocycles. The van der Waals surface area contributed by atoms with Crippen LogP contribution in [0.1, 0.15) is 18.6 Å². The summed E-state index contributed by atoms with van der Waals surface area (Å²) < 4.78 is 5.60. The molecule has 0 bridgehead atoms. The number of H-pyrrole nitrogens is 1. The number of hydrazine groups is 2. The van der Waals surface area contributed by atoms with Crippen molar-refractivity contribution in [2.75, 3.05) is 30.0 Å². The highest BCUT2D eigenvalue weighted by molar-refractivity contribution is 5.92. The maximum absolute atomic E-state index is 5.60. The van der Waals surface area contributed by atoms with Gasteiger partial charge in [-0.3, -0.25) is 15.0 Å². The molecule has 0 unspecified atom stereocenters. The molecule has 4 aromatic rings. The smallest absolute Gasteiger partial charge is 0.155 e. The van der Waals surface area contributed by atoms with Gasteiger partial charge < -0.3 is 15.3 Å². The van der Waals surface area contributed by atoms with Gasteiger partial charge in [0.15, 0.2) is 11.6 Å². The lowest BCUT2D eigenvalue weighted by molar-refractivity contribution is 0.166. The van der Waals surface area contributed by atoms with Crippen LogP contribution in [0.5, 0.6) is 0 Å². The Morgan fingerprint density at radius 2 is 1.94 bits per heavy atom. The first-order valence-electron chi connectivity index (χ1n) is 11.7. The van der Waals surface area contributed by atoms with E-state index < -0.39 is 0 Å². The van der Waals surface area contributed by atoms with Crippen LogP contribution >= 0.6 is 0 Å². The van der Waals surface area contributed by atoms with Crippen molar-refractivity contribution in [3.63, 3.8) is 0 Å². The van der Waals surface area contributed by atoms with Gasteiger partial charge in [0, 0.05) is 36.0 Å². The summed E-state index contributed by atoms with van der Waals surface area (Å²) in [6.45, 7) is 3.83. The summed E-state index contributed by atoms with van der Waals surface area (Å²) in [6, 6.07) is 18.5. The Labute approximate surface area is 197 Å². The van der Waals surface area contributed by atoms with E-state index in [1.807, 2.05) is 35.6 Å². The Balaban J connectivity index is 1.02. The maximum atomic E-state index is 5.60. The number of likely N-dealkylation sites (tertiary alicyclic amines) is 1. The fourth-order valence-electron chi connectivity index (χ4n) is 4.64. The summed E-state index contributed by atoms with van der Waals surface area (Å²) in [5.41, 5.74) is 10.1. The van der Waals surface area contributed by atoms with Crippen LogP contribution in [0, 0.1) is 5.92 Å². The third-order valence-electron chi connectivity index (χ3n) is 6.59. The van der Waals surface area contributed by atoms with E-state index in [1.165, 1.54) is 0 Å². The lowest BCUT2D eigenvalue weighted by Crippen LogP contribution is -2.35. The summed E-state index contributed by atoms with van der Waals surface area (Å²) in [7, 11) is 0. The molecular formula is C25H28N8O. The Kier molecular flexibility index (Phi) is 5.62. The first kappa shape index (κ1) is 20.8. The average Bonchev–Trinajstić information content (AvgIpc) is 3.65. The summed E-state index contributed by atoms with van der Waals surface area (Å²) in [4.78, 5) is 2.45. The SMILES string of the molecule is C1=CN(c2ccc3[nH]nc(NCC4CCN(Cc5cc(-c6ccccc6)no5)CC4)c3c2)NN1. The third kappa shape index (κ3) is 4.35.